The fraction of sp³-hybridized carbons (Fsp3) is 0.267. The Bertz CT molecular complexity index is 722. The Morgan fingerprint density at radius 3 is 3.05 bits per heavy atom. The van der Waals surface area contributed by atoms with Gasteiger partial charge in [0.05, 0.1) is 23.6 Å². The highest BCUT2D eigenvalue weighted by molar-refractivity contribution is 6.20. The molecule has 0 aliphatic carbocycles. The summed E-state index contributed by atoms with van der Waals surface area (Å²) in [4.78, 5) is 4.32. The maximum atomic E-state index is 6.16. The molecule has 1 atom stereocenters. The summed E-state index contributed by atoms with van der Waals surface area (Å²) in [6, 6.07) is 10.2. The fourth-order valence-electron chi connectivity index (χ4n) is 2.15. The summed E-state index contributed by atoms with van der Waals surface area (Å²) in [6.45, 7) is 2.72. The number of rotatable bonds is 4. The van der Waals surface area contributed by atoms with Gasteiger partial charge in [0.15, 0.2) is 0 Å². The molecule has 0 aliphatic rings. The molecule has 3 rings (SSSR count). The van der Waals surface area contributed by atoms with Gasteiger partial charge in [0, 0.05) is 11.6 Å². The normalized spacial score (nSPS) is 12.7. The van der Waals surface area contributed by atoms with E-state index in [2.05, 4.69) is 33.5 Å². The second kappa shape index (κ2) is 5.59. The van der Waals surface area contributed by atoms with Crippen molar-refractivity contribution < 1.29 is 0 Å². The predicted octanol–water partition coefficient (Wildman–Crippen LogP) is 3.56. The molecule has 2 aromatic heterocycles. The van der Waals surface area contributed by atoms with E-state index in [1.54, 1.807) is 6.20 Å². The van der Waals surface area contributed by atoms with Gasteiger partial charge < -0.3 is 0 Å². The number of aromatic nitrogens is 4. The number of hydrogen-bond acceptors (Lipinski definition) is 3. The predicted molar refractivity (Wildman–Crippen MR) is 79.8 cm³/mol. The Morgan fingerprint density at radius 2 is 2.20 bits per heavy atom. The second-order valence-corrected chi connectivity index (χ2v) is 5.27. The first-order valence-electron chi connectivity index (χ1n) is 6.64. The molecule has 0 radical (unpaired) electrons. The Labute approximate surface area is 122 Å². The third-order valence-electron chi connectivity index (χ3n) is 3.25. The molecule has 102 valence electrons. The van der Waals surface area contributed by atoms with Crippen LogP contribution >= 0.6 is 11.6 Å². The van der Waals surface area contributed by atoms with Gasteiger partial charge in [-0.3, -0.25) is 4.98 Å². The van der Waals surface area contributed by atoms with Crippen LogP contribution in [0.4, 0.5) is 0 Å². The molecule has 0 fully saturated rings. The summed E-state index contributed by atoms with van der Waals surface area (Å²) in [5, 5.41) is 9.31. The quantitative estimate of drug-likeness (QED) is 0.689. The van der Waals surface area contributed by atoms with E-state index in [0.717, 1.165) is 23.0 Å². The van der Waals surface area contributed by atoms with Crippen LogP contribution in [0.3, 0.4) is 0 Å². The average Bonchev–Trinajstić information content (AvgIpc) is 2.95. The fourth-order valence-corrected chi connectivity index (χ4v) is 2.25. The van der Waals surface area contributed by atoms with Crippen LogP contribution in [0.5, 0.6) is 0 Å². The Morgan fingerprint density at radius 1 is 1.30 bits per heavy atom. The van der Waals surface area contributed by atoms with E-state index < -0.39 is 0 Å². The van der Waals surface area contributed by atoms with Crippen molar-refractivity contribution in [3.63, 3.8) is 0 Å². The van der Waals surface area contributed by atoms with E-state index in [0.29, 0.717) is 6.54 Å². The monoisotopic (exact) mass is 286 g/mol. The van der Waals surface area contributed by atoms with Crippen molar-refractivity contribution in [2.45, 2.75) is 25.3 Å². The number of fused-ring (bicyclic) bond motifs is 1. The zero-order valence-corrected chi connectivity index (χ0v) is 12.0. The SMILES string of the molecule is CCC(Cl)c1cn(Cc2ccc3ncccc3c2)nn1. The van der Waals surface area contributed by atoms with E-state index in [9.17, 15) is 0 Å². The Kier molecular flexibility index (Phi) is 3.65. The molecule has 0 spiro atoms. The molecule has 0 saturated heterocycles. The van der Waals surface area contributed by atoms with E-state index in [1.807, 2.05) is 29.9 Å². The molecule has 0 saturated carbocycles. The summed E-state index contributed by atoms with van der Waals surface area (Å²) in [5.41, 5.74) is 3.00. The summed E-state index contributed by atoms with van der Waals surface area (Å²) >= 11 is 6.16. The van der Waals surface area contributed by atoms with Crippen molar-refractivity contribution in [1.82, 2.24) is 20.0 Å². The van der Waals surface area contributed by atoms with Crippen LogP contribution in [-0.2, 0) is 6.54 Å². The van der Waals surface area contributed by atoms with Gasteiger partial charge in [0.1, 0.15) is 5.69 Å². The standard InChI is InChI=1S/C15H15ClN4/c1-2-13(16)15-10-20(19-18-15)9-11-5-6-14-12(8-11)4-3-7-17-14/h3-8,10,13H,2,9H2,1H3. The summed E-state index contributed by atoms with van der Waals surface area (Å²) in [5.74, 6) is 0. The molecule has 0 amide bonds. The first-order valence-corrected chi connectivity index (χ1v) is 7.07. The lowest BCUT2D eigenvalue weighted by Gasteiger charge is -2.03. The van der Waals surface area contributed by atoms with Crippen LogP contribution in [0.2, 0.25) is 0 Å². The van der Waals surface area contributed by atoms with Gasteiger partial charge in [-0.15, -0.1) is 16.7 Å². The number of pyridine rings is 1. The molecule has 1 aromatic carbocycles. The van der Waals surface area contributed by atoms with Gasteiger partial charge in [0.2, 0.25) is 0 Å². The minimum Gasteiger partial charge on any atom is -0.256 e. The summed E-state index contributed by atoms with van der Waals surface area (Å²) < 4.78 is 1.82. The first-order chi connectivity index (χ1) is 9.76. The molecule has 20 heavy (non-hydrogen) atoms. The van der Waals surface area contributed by atoms with Gasteiger partial charge in [-0.1, -0.05) is 24.3 Å². The lowest BCUT2D eigenvalue weighted by molar-refractivity contribution is 0.649. The first kappa shape index (κ1) is 13.1. The number of benzene rings is 1. The molecule has 0 bridgehead atoms. The number of alkyl halides is 1. The van der Waals surface area contributed by atoms with E-state index >= 15 is 0 Å². The summed E-state index contributed by atoms with van der Waals surface area (Å²) in [6.07, 6.45) is 4.56. The maximum absolute atomic E-state index is 6.16. The highest BCUT2D eigenvalue weighted by Crippen LogP contribution is 2.21. The molecule has 1 unspecified atom stereocenters. The number of hydrogen-bond donors (Lipinski definition) is 0. The lowest BCUT2D eigenvalue weighted by Crippen LogP contribution is -2.00. The van der Waals surface area contributed by atoms with Gasteiger partial charge in [-0.05, 0) is 30.2 Å². The molecular weight excluding hydrogens is 272 g/mol. The smallest absolute Gasteiger partial charge is 0.101 e. The van der Waals surface area contributed by atoms with Gasteiger partial charge >= 0.3 is 0 Å². The molecule has 0 N–H and O–H groups in total. The topological polar surface area (TPSA) is 43.6 Å². The highest BCUT2D eigenvalue weighted by Gasteiger charge is 2.10. The van der Waals surface area contributed by atoms with E-state index in [-0.39, 0.29) is 5.38 Å². The second-order valence-electron chi connectivity index (χ2n) is 4.75. The molecule has 5 heteroatoms. The largest absolute Gasteiger partial charge is 0.256 e. The number of halogens is 1. The third kappa shape index (κ3) is 2.65. The van der Waals surface area contributed by atoms with Crippen LogP contribution in [0.15, 0.2) is 42.7 Å². The third-order valence-corrected chi connectivity index (χ3v) is 3.78. The average molecular weight is 287 g/mol. The van der Waals surface area contributed by atoms with Crippen LogP contribution < -0.4 is 0 Å². The number of nitrogens with zero attached hydrogens (tertiary/aromatic N) is 4. The van der Waals surface area contributed by atoms with Crippen LogP contribution in [0.1, 0.15) is 30.0 Å². The molecule has 4 nitrogen and oxygen atoms in total. The minimum absolute atomic E-state index is 0.0652. The Balaban J connectivity index is 1.83. The van der Waals surface area contributed by atoms with Crippen molar-refractivity contribution >= 4 is 22.5 Å². The molecule has 0 aliphatic heterocycles. The minimum atomic E-state index is -0.0652. The maximum Gasteiger partial charge on any atom is 0.101 e. The van der Waals surface area contributed by atoms with Crippen molar-refractivity contribution in [2.75, 3.05) is 0 Å². The van der Waals surface area contributed by atoms with E-state index in [1.165, 1.54) is 5.56 Å². The highest BCUT2D eigenvalue weighted by atomic mass is 35.5. The zero-order valence-electron chi connectivity index (χ0n) is 11.2. The zero-order chi connectivity index (χ0) is 13.9. The van der Waals surface area contributed by atoms with Crippen LogP contribution in [0, 0.1) is 0 Å². The van der Waals surface area contributed by atoms with Gasteiger partial charge in [0.25, 0.3) is 0 Å². The molecule has 2 heterocycles. The van der Waals surface area contributed by atoms with Crippen molar-refractivity contribution in [1.29, 1.82) is 0 Å². The van der Waals surface area contributed by atoms with Crippen LogP contribution in [-0.4, -0.2) is 20.0 Å². The van der Waals surface area contributed by atoms with Crippen LogP contribution in [0.25, 0.3) is 10.9 Å². The van der Waals surface area contributed by atoms with E-state index in [4.69, 9.17) is 11.6 Å². The van der Waals surface area contributed by atoms with Crippen molar-refractivity contribution in [3.05, 3.63) is 54.0 Å². The van der Waals surface area contributed by atoms with Crippen molar-refractivity contribution in [2.24, 2.45) is 0 Å². The van der Waals surface area contributed by atoms with Crippen molar-refractivity contribution in [3.8, 4) is 0 Å². The lowest BCUT2D eigenvalue weighted by atomic mass is 10.1. The Hall–Kier alpha value is -1.94. The molecular formula is C15H15ClN4. The molecule has 3 aromatic rings. The van der Waals surface area contributed by atoms with Gasteiger partial charge in [-0.2, -0.15) is 0 Å². The summed E-state index contributed by atoms with van der Waals surface area (Å²) in [7, 11) is 0. The van der Waals surface area contributed by atoms with Gasteiger partial charge in [-0.25, -0.2) is 4.68 Å².